The lowest BCUT2D eigenvalue weighted by atomic mass is 9.53. The van der Waals surface area contributed by atoms with E-state index in [1.165, 1.54) is 36.2 Å². The highest BCUT2D eigenvalue weighted by Gasteiger charge is 2.51. The number of carbonyl (C=O) groups is 2. The molecule has 0 aliphatic heterocycles. The van der Waals surface area contributed by atoms with Gasteiger partial charge < -0.3 is 20.7 Å². The van der Waals surface area contributed by atoms with Gasteiger partial charge in [-0.05, 0) is 88.2 Å². The third-order valence-electron chi connectivity index (χ3n) is 8.98. The Morgan fingerprint density at radius 1 is 0.973 bits per heavy atom. The SMILES string of the molecule is Cc1ccc(OCc2nc(C(=O)N[C@H]3CCCC[C@@H]3NC(=O)NC34CC5CC(CC(C5)C3)C4)cs2)cc1. The fourth-order valence-corrected chi connectivity index (χ4v) is 8.37. The second kappa shape index (κ2) is 10.3. The Morgan fingerprint density at radius 2 is 1.59 bits per heavy atom. The fraction of sp³-hybridized carbons (Fsp3) is 0.621. The van der Waals surface area contributed by atoms with Crippen molar-refractivity contribution in [3.63, 3.8) is 0 Å². The van der Waals surface area contributed by atoms with Crippen molar-refractivity contribution in [2.24, 2.45) is 17.8 Å². The molecule has 1 aromatic carbocycles. The third kappa shape index (κ3) is 5.64. The third-order valence-corrected chi connectivity index (χ3v) is 9.81. The molecule has 198 valence electrons. The second-order valence-corrected chi connectivity index (χ2v) is 12.9. The number of carbonyl (C=O) groups excluding carboxylic acids is 2. The quantitative estimate of drug-likeness (QED) is 0.458. The van der Waals surface area contributed by atoms with E-state index in [4.69, 9.17) is 4.74 Å². The first kappa shape index (κ1) is 24.7. The number of benzene rings is 1. The summed E-state index contributed by atoms with van der Waals surface area (Å²) in [6.45, 7) is 2.37. The number of aromatic nitrogens is 1. The number of aryl methyl sites for hydroxylation is 1. The second-order valence-electron chi connectivity index (χ2n) is 12.0. The predicted octanol–water partition coefficient (Wildman–Crippen LogP) is 5.34. The summed E-state index contributed by atoms with van der Waals surface area (Å²) >= 11 is 1.43. The molecule has 1 aromatic heterocycles. The van der Waals surface area contributed by atoms with Crippen LogP contribution in [0.4, 0.5) is 4.79 Å². The first-order valence-electron chi connectivity index (χ1n) is 14.0. The highest BCUT2D eigenvalue weighted by Crippen LogP contribution is 2.55. The molecule has 1 heterocycles. The standard InChI is InChI=1S/C29H38N4O3S/c1-18-6-8-22(9-7-18)36-16-26-30-25(17-37-26)27(34)31-23-4-2-3-5-24(23)32-28(35)33-29-13-19-10-20(14-29)12-21(11-19)15-29/h6-9,17,19-21,23-24H,2-5,10-16H2,1H3,(H,31,34)(H2,32,33,35)/t19?,20?,21?,23-,24-,29?/m0/s1. The maximum Gasteiger partial charge on any atom is 0.315 e. The molecule has 3 N–H and O–H groups in total. The van der Waals surface area contributed by atoms with Crippen molar-refractivity contribution in [3.05, 3.63) is 45.9 Å². The topological polar surface area (TPSA) is 92.3 Å². The molecule has 0 radical (unpaired) electrons. The van der Waals surface area contributed by atoms with Crippen LogP contribution in [0.25, 0.3) is 0 Å². The molecule has 37 heavy (non-hydrogen) atoms. The van der Waals surface area contributed by atoms with Gasteiger partial charge in [-0.3, -0.25) is 4.79 Å². The molecule has 7 rings (SSSR count). The van der Waals surface area contributed by atoms with Crippen LogP contribution in [0.1, 0.15) is 85.3 Å². The molecule has 5 aliphatic carbocycles. The van der Waals surface area contributed by atoms with Crippen LogP contribution < -0.4 is 20.7 Å². The monoisotopic (exact) mass is 522 g/mol. The average molecular weight is 523 g/mol. The van der Waals surface area contributed by atoms with Crippen molar-refractivity contribution in [2.75, 3.05) is 0 Å². The van der Waals surface area contributed by atoms with Crippen LogP contribution in [0.5, 0.6) is 5.75 Å². The summed E-state index contributed by atoms with van der Waals surface area (Å²) in [5, 5.41) is 12.4. The van der Waals surface area contributed by atoms with E-state index in [1.807, 2.05) is 31.2 Å². The number of nitrogens with zero attached hydrogens (tertiary/aromatic N) is 1. The van der Waals surface area contributed by atoms with Crippen LogP contribution in [0.2, 0.25) is 0 Å². The molecule has 3 amide bonds. The van der Waals surface area contributed by atoms with E-state index in [9.17, 15) is 9.59 Å². The summed E-state index contributed by atoms with van der Waals surface area (Å²) in [7, 11) is 0. The van der Waals surface area contributed by atoms with Gasteiger partial charge in [0.15, 0.2) is 0 Å². The number of urea groups is 1. The van der Waals surface area contributed by atoms with E-state index in [0.717, 1.165) is 73.5 Å². The van der Waals surface area contributed by atoms with Gasteiger partial charge in [0, 0.05) is 17.0 Å². The van der Waals surface area contributed by atoms with Crippen LogP contribution in [0.3, 0.4) is 0 Å². The zero-order valence-corrected chi connectivity index (χ0v) is 22.4. The number of thiazole rings is 1. The summed E-state index contributed by atoms with van der Waals surface area (Å²) < 4.78 is 5.81. The van der Waals surface area contributed by atoms with Gasteiger partial charge >= 0.3 is 6.03 Å². The van der Waals surface area contributed by atoms with Gasteiger partial charge in [-0.2, -0.15) is 0 Å². The first-order valence-corrected chi connectivity index (χ1v) is 14.8. The lowest BCUT2D eigenvalue weighted by Gasteiger charge is -2.56. The number of hydrogen-bond acceptors (Lipinski definition) is 5. The van der Waals surface area contributed by atoms with Crippen molar-refractivity contribution >= 4 is 23.3 Å². The van der Waals surface area contributed by atoms with Gasteiger partial charge in [0.05, 0.1) is 6.04 Å². The minimum atomic E-state index is -0.182. The summed E-state index contributed by atoms with van der Waals surface area (Å²) in [4.78, 5) is 30.7. The Hall–Kier alpha value is -2.61. The maximum absolute atomic E-state index is 13.1. The maximum atomic E-state index is 13.1. The highest BCUT2D eigenvalue weighted by molar-refractivity contribution is 7.09. The summed E-state index contributed by atoms with van der Waals surface area (Å²) in [5.74, 6) is 2.98. The van der Waals surface area contributed by atoms with E-state index in [2.05, 4.69) is 20.9 Å². The van der Waals surface area contributed by atoms with Gasteiger partial charge in [-0.15, -0.1) is 11.3 Å². The van der Waals surface area contributed by atoms with Gasteiger partial charge in [-0.1, -0.05) is 30.5 Å². The minimum absolute atomic E-state index is 0.0100. The van der Waals surface area contributed by atoms with E-state index < -0.39 is 0 Å². The molecular formula is C29H38N4O3S. The molecule has 8 heteroatoms. The molecule has 5 saturated carbocycles. The van der Waals surface area contributed by atoms with Crippen LogP contribution in [-0.2, 0) is 6.61 Å². The molecule has 2 atom stereocenters. The van der Waals surface area contributed by atoms with E-state index in [0.29, 0.717) is 12.3 Å². The number of ether oxygens (including phenoxy) is 1. The number of hydrogen-bond donors (Lipinski definition) is 3. The number of amides is 3. The summed E-state index contributed by atoms with van der Waals surface area (Å²) in [6.07, 6.45) is 11.3. The lowest BCUT2D eigenvalue weighted by molar-refractivity contribution is -0.0138. The van der Waals surface area contributed by atoms with Crippen LogP contribution in [0, 0.1) is 24.7 Å². The molecule has 5 aliphatic rings. The van der Waals surface area contributed by atoms with Crippen molar-refractivity contribution < 1.29 is 14.3 Å². The molecule has 2 aromatic rings. The van der Waals surface area contributed by atoms with Crippen molar-refractivity contribution in [1.29, 1.82) is 0 Å². The van der Waals surface area contributed by atoms with E-state index >= 15 is 0 Å². The van der Waals surface area contributed by atoms with Gasteiger partial charge in [0.1, 0.15) is 23.1 Å². The number of rotatable bonds is 7. The Morgan fingerprint density at radius 3 is 2.24 bits per heavy atom. The largest absolute Gasteiger partial charge is 0.486 e. The summed E-state index contributed by atoms with van der Waals surface area (Å²) in [5.41, 5.74) is 1.58. The van der Waals surface area contributed by atoms with Crippen molar-refractivity contribution in [1.82, 2.24) is 20.9 Å². The number of nitrogens with one attached hydrogen (secondary N) is 3. The predicted molar refractivity (Wildman–Crippen MR) is 144 cm³/mol. The zero-order chi connectivity index (χ0) is 25.4. The summed E-state index contributed by atoms with van der Waals surface area (Å²) in [6, 6.07) is 7.68. The van der Waals surface area contributed by atoms with Crippen molar-refractivity contribution in [3.8, 4) is 5.75 Å². The fourth-order valence-electron chi connectivity index (χ4n) is 7.69. The molecule has 0 saturated heterocycles. The Labute approximate surface area is 223 Å². The lowest BCUT2D eigenvalue weighted by Crippen LogP contribution is -2.63. The molecule has 0 unspecified atom stereocenters. The van der Waals surface area contributed by atoms with Gasteiger partial charge in [-0.25, -0.2) is 9.78 Å². The Bertz CT molecular complexity index is 1100. The van der Waals surface area contributed by atoms with E-state index in [1.54, 1.807) is 5.38 Å². The van der Waals surface area contributed by atoms with Crippen LogP contribution in [-0.4, -0.2) is 34.5 Å². The van der Waals surface area contributed by atoms with Gasteiger partial charge in [0.25, 0.3) is 5.91 Å². The van der Waals surface area contributed by atoms with Gasteiger partial charge in [0.2, 0.25) is 0 Å². The Balaban J connectivity index is 1.02. The average Bonchev–Trinajstić information content (AvgIpc) is 3.33. The molecule has 7 nitrogen and oxygen atoms in total. The van der Waals surface area contributed by atoms with E-state index in [-0.39, 0.29) is 29.6 Å². The molecule has 5 fully saturated rings. The minimum Gasteiger partial charge on any atom is -0.486 e. The first-order chi connectivity index (χ1) is 17.9. The molecular weight excluding hydrogens is 484 g/mol. The zero-order valence-electron chi connectivity index (χ0n) is 21.6. The van der Waals surface area contributed by atoms with Crippen LogP contribution >= 0.6 is 11.3 Å². The molecule has 0 spiro atoms. The van der Waals surface area contributed by atoms with Crippen molar-refractivity contribution in [2.45, 2.75) is 95.4 Å². The normalized spacial score (nSPS) is 32.1. The Kier molecular flexibility index (Phi) is 6.86. The smallest absolute Gasteiger partial charge is 0.315 e. The molecule has 4 bridgehead atoms. The van der Waals surface area contributed by atoms with Crippen LogP contribution in [0.15, 0.2) is 29.6 Å². The highest BCUT2D eigenvalue weighted by atomic mass is 32.1.